The second kappa shape index (κ2) is 5.02. The van der Waals surface area contributed by atoms with E-state index in [1.807, 2.05) is 6.20 Å². The van der Waals surface area contributed by atoms with E-state index in [0.29, 0.717) is 0 Å². The van der Waals surface area contributed by atoms with Crippen molar-refractivity contribution in [3.05, 3.63) is 40.3 Å². The highest BCUT2D eigenvalue weighted by Crippen LogP contribution is 2.10. The van der Waals surface area contributed by atoms with E-state index >= 15 is 0 Å². The largest absolute Gasteiger partial charge is 0.306 e. The molecule has 0 aliphatic heterocycles. The first kappa shape index (κ1) is 12.3. The quantitative estimate of drug-likeness (QED) is 0.903. The zero-order chi connectivity index (χ0) is 12.3. The van der Waals surface area contributed by atoms with Crippen molar-refractivity contribution in [2.24, 2.45) is 0 Å². The maximum atomic E-state index is 4.37. The highest BCUT2D eigenvalue weighted by molar-refractivity contribution is 7.07. The molecule has 2 rings (SSSR count). The minimum Gasteiger partial charge on any atom is -0.306 e. The standard InChI is InChI=1S/C13H19N3S/c1-13(2,3)14-8-12-4-6-15-16(12)9-11-5-7-17-10-11/h4-7,10,14H,8-9H2,1-3H3. The van der Waals surface area contributed by atoms with Gasteiger partial charge in [-0.05, 0) is 49.2 Å². The maximum Gasteiger partial charge on any atom is 0.0671 e. The smallest absolute Gasteiger partial charge is 0.0671 e. The molecular formula is C13H19N3S. The Morgan fingerprint density at radius 2 is 2.18 bits per heavy atom. The van der Waals surface area contributed by atoms with Crippen LogP contribution in [0.5, 0.6) is 0 Å². The predicted octanol–water partition coefficient (Wildman–Crippen LogP) is 2.88. The number of thiophene rings is 1. The normalized spacial score (nSPS) is 11.9. The van der Waals surface area contributed by atoms with Gasteiger partial charge in [-0.3, -0.25) is 4.68 Å². The van der Waals surface area contributed by atoms with Crippen LogP contribution in [0.4, 0.5) is 0 Å². The molecule has 2 aromatic heterocycles. The summed E-state index contributed by atoms with van der Waals surface area (Å²) in [5.74, 6) is 0. The lowest BCUT2D eigenvalue weighted by Gasteiger charge is -2.20. The molecule has 0 saturated carbocycles. The molecule has 0 saturated heterocycles. The fraction of sp³-hybridized carbons (Fsp3) is 0.462. The second-order valence-electron chi connectivity index (χ2n) is 5.22. The molecular weight excluding hydrogens is 230 g/mol. The minimum absolute atomic E-state index is 0.136. The van der Waals surface area contributed by atoms with Gasteiger partial charge in [0.2, 0.25) is 0 Å². The van der Waals surface area contributed by atoms with E-state index in [2.05, 4.69) is 58.8 Å². The number of hydrogen-bond acceptors (Lipinski definition) is 3. The van der Waals surface area contributed by atoms with Gasteiger partial charge in [0.1, 0.15) is 0 Å². The van der Waals surface area contributed by atoms with Gasteiger partial charge < -0.3 is 5.32 Å². The number of nitrogens with one attached hydrogen (secondary N) is 1. The Balaban J connectivity index is 2.02. The fourth-order valence-electron chi connectivity index (χ4n) is 1.56. The van der Waals surface area contributed by atoms with E-state index in [-0.39, 0.29) is 5.54 Å². The monoisotopic (exact) mass is 249 g/mol. The van der Waals surface area contributed by atoms with E-state index in [4.69, 9.17) is 0 Å². The van der Waals surface area contributed by atoms with E-state index in [1.165, 1.54) is 11.3 Å². The third-order valence-corrected chi connectivity index (χ3v) is 3.25. The van der Waals surface area contributed by atoms with Crippen molar-refractivity contribution in [1.29, 1.82) is 0 Å². The molecule has 0 aliphatic carbocycles. The molecule has 2 aromatic rings. The molecule has 4 heteroatoms. The van der Waals surface area contributed by atoms with Crippen LogP contribution in [-0.4, -0.2) is 15.3 Å². The molecule has 0 aliphatic rings. The summed E-state index contributed by atoms with van der Waals surface area (Å²) in [6, 6.07) is 4.22. The third-order valence-electron chi connectivity index (χ3n) is 2.52. The van der Waals surface area contributed by atoms with Crippen molar-refractivity contribution in [1.82, 2.24) is 15.1 Å². The molecule has 0 spiro atoms. The molecule has 0 radical (unpaired) electrons. The van der Waals surface area contributed by atoms with E-state index in [1.54, 1.807) is 11.3 Å². The molecule has 1 N–H and O–H groups in total. The lowest BCUT2D eigenvalue weighted by atomic mass is 10.1. The van der Waals surface area contributed by atoms with Crippen LogP contribution in [0.3, 0.4) is 0 Å². The maximum absolute atomic E-state index is 4.37. The fourth-order valence-corrected chi connectivity index (χ4v) is 2.22. The molecule has 0 unspecified atom stereocenters. The van der Waals surface area contributed by atoms with Gasteiger partial charge >= 0.3 is 0 Å². The number of hydrogen-bond donors (Lipinski definition) is 1. The Morgan fingerprint density at radius 1 is 1.35 bits per heavy atom. The zero-order valence-electron chi connectivity index (χ0n) is 10.6. The zero-order valence-corrected chi connectivity index (χ0v) is 11.4. The molecule has 0 fully saturated rings. The Morgan fingerprint density at radius 3 is 2.82 bits per heavy atom. The van der Waals surface area contributed by atoms with Crippen molar-refractivity contribution in [3.63, 3.8) is 0 Å². The van der Waals surface area contributed by atoms with Crippen molar-refractivity contribution in [2.75, 3.05) is 0 Å². The average molecular weight is 249 g/mol. The van der Waals surface area contributed by atoms with Crippen LogP contribution < -0.4 is 5.32 Å². The average Bonchev–Trinajstić information content (AvgIpc) is 2.86. The molecule has 0 amide bonds. The first-order valence-electron chi connectivity index (χ1n) is 5.81. The second-order valence-corrected chi connectivity index (χ2v) is 6.00. The highest BCUT2D eigenvalue weighted by atomic mass is 32.1. The van der Waals surface area contributed by atoms with Crippen LogP contribution in [0.2, 0.25) is 0 Å². The Kier molecular flexibility index (Phi) is 3.64. The molecule has 2 heterocycles. The third kappa shape index (κ3) is 3.68. The van der Waals surface area contributed by atoms with Gasteiger partial charge in [-0.1, -0.05) is 0 Å². The van der Waals surface area contributed by atoms with Crippen molar-refractivity contribution in [2.45, 2.75) is 39.4 Å². The number of rotatable bonds is 4. The van der Waals surface area contributed by atoms with Gasteiger partial charge in [-0.2, -0.15) is 16.4 Å². The summed E-state index contributed by atoms with van der Waals surface area (Å²) < 4.78 is 2.06. The molecule has 3 nitrogen and oxygen atoms in total. The summed E-state index contributed by atoms with van der Waals surface area (Å²) >= 11 is 1.73. The lowest BCUT2D eigenvalue weighted by molar-refractivity contribution is 0.414. The van der Waals surface area contributed by atoms with Crippen LogP contribution in [0.1, 0.15) is 32.0 Å². The van der Waals surface area contributed by atoms with Gasteiger partial charge in [-0.15, -0.1) is 0 Å². The first-order valence-corrected chi connectivity index (χ1v) is 6.76. The van der Waals surface area contributed by atoms with Crippen molar-refractivity contribution >= 4 is 11.3 Å². The topological polar surface area (TPSA) is 29.9 Å². The molecule has 17 heavy (non-hydrogen) atoms. The first-order chi connectivity index (χ1) is 8.04. The van der Waals surface area contributed by atoms with Crippen molar-refractivity contribution in [3.8, 4) is 0 Å². The Bertz CT molecular complexity index is 451. The molecule has 0 atom stereocenters. The Labute approximate surface area is 106 Å². The number of nitrogens with zero attached hydrogens (tertiary/aromatic N) is 2. The van der Waals surface area contributed by atoms with Crippen LogP contribution in [0, 0.1) is 0 Å². The Hall–Kier alpha value is -1.13. The summed E-state index contributed by atoms with van der Waals surface area (Å²) in [5.41, 5.74) is 2.68. The summed E-state index contributed by atoms with van der Waals surface area (Å²) in [5, 5.41) is 12.1. The SMILES string of the molecule is CC(C)(C)NCc1ccnn1Cc1ccsc1. The van der Waals surface area contributed by atoms with Gasteiger partial charge in [0.25, 0.3) is 0 Å². The van der Waals surface area contributed by atoms with Crippen LogP contribution in [0.15, 0.2) is 29.1 Å². The molecule has 0 bridgehead atoms. The van der Waals surface area contributed by atoms with Gasteiger partial charge in [0, 0.05) is 18.3 Å². The summed E-state index contributed by atoms with van der Waals surface area (Å²) in [6.07, 6.45) is 1.87. The van der Waals surface area contributed by atoms with E-state index in [0.717, 1.165) is 13.1 Å². The van der Waals surface area contributed by atoms with Crippen molar-refractivity contribution < 1.29 is 0 Å². The molecule has 92 valence electrons. The van der Waals surface area contributed by atoms with E-state index in [9.17, 15) is 0 Å². The van der Waals surface area contributed by atoms with Crippen LogP contribution >= 0.6 is 11.3 Å². The van der Waals surface area contributed by atoms with Crippen LogP contribution in [-0.2, 0) is 13.1 Å². The highest BCUT2D eigenvalue weighted by Gasteiger charge is 2.10. The van der Waals surface area contributed by atoms with E-state index < -0.39 is 0 Å². The summed E-state index contributed by atoms with van der Waals surface area (Å²) in [4.78, 5) is 0. The summed E-state index contributed by atoms with van der Waals surface area (Å²) in [6.45, 7) is 8.23. The summed E-state index contributed by atoms with van der Waals surface area (Å²) in [7, 11) is 0. The lowest BCUT2D eigenvalue weighted by Crippen LogP contribution is -2.35. The predicted molar refractivity (Wildman–Crippen MR) is 72.2 cm³/mol. The molecule has 0 aromatic carbocycles. The minimum atomic E-state index is 0.136. The number of aromatic nitrogens is 2. The van der Waals surface area contributed by atoms with Gasteiger partial charge in [0.05, 0.1) is 12.2 Å². The van der Waals surface area contributed by atoms with Gasteiger partial charge in [0.15, 0.2) is 0 Å². The van der Waals surface area contributed by atoms with Crippen LogP contribution in [0.25, 0.3) is 0 Å². The van der Waals surface area contributed by atoms with Gasteiger partial charge in [-0.25, -0.2) is 0 Å².